The van der Waals surface area contributed by atoms with Crippen LogP contribution in [-0.2, 0) is 13.4 Å². The summed E-state index contributed by atoms with van der Waals surface area (Å²) in [6.07, 6.45) is 0. The zero-order chi connectivity index (χ0) is 32.7. The average Bonchev–Trinajstić information content (AvgIpc) is 3.07. The summed E-state index contributed by atoms with van der Waals surface area (Å²) in [6.45, 7) is -3.50. The maximum atomic E-state index is 9.63. The van der Waals surface area contributed by atoms with Crippen molar-refractivity contribution in [3.05, 3.63) is 176 Å². The first-order chi connectivity index (χ1) is 22.1. The molecule has 0 aromatic heterocycles. The van der Waals surface area contributed by atoms with Gasteiger partial charge < -0.3 is 19.6 Å². The molecule has 0 saturated carbocycles. The molecular formula is C36H33O7P3. The second-order valence-electron chi connectivity index (χ2n) is 10.4. The van der Waals surface area contributed by atoms with E-state index in [1.807, 2.05) is 0 Å². The molecule has 10 heteroatoms. The van der Waals surface area contributed by atoms with Crippen molar-refractivity contribution in [3.63, 3.8) is 0 Å². The van der Waals surface area contributed by atoms with E-state index in [0.29, 0.717) is 0 Å². The molecule has 0 atom stereocenters. The zero-order valence-electron chi connectivity index (χ0n) is 24.6. The van der Waals surface area contributed by atoms with Crippen LogP contribution < -0.4 is 26.5 Å². The van der Waals surface area contributed by atoms with Crippen molar-refractivity contribution in [2.24, 2.45) is 0 Å². The van der Waals surface area contributed by atoms with E-state index >= 15 is 0 Å². The van der Waals surface area contributed by atoms with Gasteiger partial charge in [0.05, 0.1) is 0 Å². The Bertz CT molecular complexity index is 1770. The van der Waals surface area contributed by atoms with Crippen LogP contribution in [0.25, 0.3) is 11.1 Å². The number of hydrogen-bond donors (Lipinski definition) is 4. The summed E-state index contributed by atoms with van der Waals surface area (Å²) in [5.74, 6) is 0. The van der Waals surface area contributed by atoms with E-state index in [2.05, 4.69) is 180 Å². The average molecular weight is 671 g/mol. The van der Waals surface area contributed by atoms with E-state index in [1.165, 1.54) is 37.6 Å². The molecule has 7 nitrogen and oxygen atoms in total. The quantitative estimate of drug-likeness (QED) is 0.146. The van der Waals surface area contributed by atoms with Crippen LogP contribution in [0.3, 0.4) is 0 Å². The number of hydrogen-bond acceptors (Lipinski definition) is 3. The van der Waals surface area contributed by atoms with Crippen molar-refractivity contribution < 1.29 is 33.0 Å². The summed E-state index contributed by atoms with van der Waals surface area (Å²) in [5.41, 5.74) is 2.49. The Morgan fingerprint density at radius 3 is 0.978 bits per heavy atom. The molecule has 234 valence electrons. The van der Waals surface area contributed by atoms with Gasteiger partial charge in [-0.05, 0) is 0 Å². The minimum absolute atomic E-state index is 1.23. The molecule has 6 aromatic rings. The van der Waals surface area contributed by atoms with Crippen molar-refractivity contribution in [2.75, 3.05) is 0 Å². The van der Waals surface area contributed by atoms with Gasteiger partial charge in [-0.25, -0.2) is 9.13 Å². The molecule has 6 rings (SSSR count). The van der Waals surface area contributed by atoms with Crippen LogP contribution in [0, 0.1) is 0 Å². The fourth-order valence-corrected chi connectivity index (χ4v) is 14.4. The van der Waals surface area contributed by atoms with Crippen LogP contribution in [0.2, 0.25) is 0 Å². The molecular weight excluding hydrogens is 637 g/mol. The Morgan fingerprint density at radius 2 is 0.674 bits per heavy atom. The molecule has 0 saturated heterocycles. The van der Waals surface area contributed by atoms with Crippen molar-refractivity contribution in [3.8, 4) is 11.1 Å². The van der Waals surface area contributed by atoms with Gasteiger partial charge in [0.2, 0.25) is 0 Å². The number of benzene rings is 6. The van der Waals surface area contributed by atoms with Gasteiger partial charge in [0.15, 0.2) is 0 Å². The third kappa shape index (κ3) is 6.47. The molecule has 0 aliphatic heterocycles. The van der Waals surface area contributed by atoms with Gasteiger partial charge in [-0.15, -0.1) is 0 Å². The molecule has 0 heterocycles. The van der Waals surface area contributed by atoms with Gasteiger partial charge in [0.1, 0.15) is 0 Å². The van der Waals surface area contributed by atoms with E-state index in [-0.39, 0.29) is 0 Å². The second kappa shape index (κ2) is 13.8. The van der Waals surface area contributed by atoms with Gasteiger partial charge in [-0.2, -0.15) is 4.31 Å². The Kier molecular flexibility index (Phi) is 10.0. The van der Waals surface area contributed by atoms with Gasteiger partial charge >= 0.3 is 236 Å². The summed E-state index contributed by atoms with van der Waals surface area (Å²) in [4.78, 5) is 31.0. The van der Waals surface area contributed by atoms with Crippen LogP contribution in [0.1, 0.15) is 0 Å². The first-order valence-electron chi connectivity index (χ1n) is 14.3. The van der Waals surface area contributed by atoms with Crippen LogP contribution in [0.15, 0.2) is 176 Å². The fraction of sp³-hybridized carbons (Fsp3) is 0. The van der Waals surface area contributed by atoms with E-state index in [4.69, 9.17) is 19.6 Å². The Balaban J connectivity index is 0.000000407. The first kappa shape index (κ1) is 33.4. The molecule has 0 unspecified atom stereocenters. The molecule has 46 heavy (non-hydrogen) atoms. The van der Waals surface area contributed by atoms with Crippen molar-refractivity contribution in [1.29, 1.82) is 0 Å². The second-order valence-corrected chi connectivity index (χ2v) is 17.8. The molecule has 0 radical (unpaired) electrons. The normalized spacial score (nSPS) is 12.7. The first-order valence-corrected chi connectivity index (χ1v) is 19.6. The fourth-order valence-electron chi connectivity index (χ4n) is 6.22. The summed E-state index contributed by atoms with van der Waals surface area (Å²) >= 11 is 0. The monoisotopic (exact) mass is 670 g/mol. The molecule has 4 N–H and O–H groups in total. The molecule has 0 aliphatic rings. The molecule has 0 fully saturated rings. The standard InChI is InChI=1S/C36H29P.H4O7P2/c1-6-18-30(19-7-1)35-28-16-17-29-36(35)37(31-20-8-2-9-21-31,32-22-10-3-11-23-32,33-24-12-4-13-25-33)34-26-14-5-15-27-34;1-8(2,3)7-9(4,5)6/h1-29H;(H2,1,2,3)(H2,4,5,6). The van der Waals surface area contributed by atoms with Gasteiger partial charge in [0, 0.05) is 0 Å². The summed E-state index contributed by atoms with van der Waals surface area (Å²) in [5, 5.41) is 6.69. The molecule has 0 bridgehead atoms. The third-order valence-corrected chi connectivity index (χ3v) is 16.2. The maximum absolute atomic E-state index is 9.63. The van der Waals surface area contributed by atoms with Crippen molar-refractivity contribution in [1.82, 2.24) is 0 Å². The van der Waals surface area contributed by atoms with Crippen molar-refractivity contribution in [2.45, 2.75) is 0 Å². The molecule has 6 aromatic carbocycles. The van der Waals surface area contributed by atoms with Crippen LogP contribution in [-0.4, -0.2) is 19.6 Å². The van der Waals surface area contributed by atoms with E-state index in [0.717, 1.165) is 0 Å². The summed E-state index contributed by atoms with van der Waals surface area (Å²) in [7, 11) is -10.1. The predicted molar refractivity (Wildman–Crippen MR) is 188 cm³/mol. The minimum atomic E-state index is -5.05. The van der Waals surface area contributed by atoms with Gasteiger partial charge in [0.25, 0.3) is 0 Å². The number of phosphoric acid groups is 2. The van der Waals surface area contributed by atoms with E-state index in [1.54, 1.807) is 0 Å². The molecule has 0 amide bonds. The Labute approximate surface area is 268 Å². The van der Waals surface area contributed by atoms with Crippen LogP contribution >= 0.6 is 22.2 Å². The predicted octanol–water partition coefficient (Wildman–Crippen LogP) is 6.02. The van der Waals surface area contributed by atoms with E-state index in [9.17, 15) is 9.13 Å². The van der Waals surface area contributed by atoms with Gasteiger partial charge in [-0.1, -0.05) is 0 Å². The van der Waals surface area contributed by atoms with Crippen molar-refractivity contribution >= 4 is 48.8 Å². The van der Waals surface area contributed by atoms with E-state index < -0.39 is 22.2 Å². The molecule has 0 aliphatic carbocycles. The summed E-state index contributed by atoms with van der Waals surface area (Å²) < 4.78 is 22.2. The Morgan fingerprint density at radius 1 is 0.391 bits per heavy atom. The topological polar surface area (TPSA) is 124 Å². The van der Waals surface area contributed by atoms with Crippen LogP contribution in [0.4, 0.5) is 0 Å². The van der Waals surface area contributed by atoms with Crippen LogP contribution in [0.5, 0.6) is 0 Å². The number of rotatable bonds is 8. The zero-order valence-corrected chi connectivity index (χ0v) is 27.3. The SMILES string of the molecule is O=P(O)(O)OP(=O)(O)O.c1ccc(-c2ccccc2P(c2ccccc2)(c2ccccc2)(c2ccccc2)c2ccccc2)cc1. The third-order valence-electron chi connectivity index (χ3n) is 7.77. The van der Waals surface area contributed by atoms with Gasteiger partial charge in [-0.3, -0.25) is 0 Å². The Hall–Kier alpha value is -3.99. The molecule has 0 spiro atoms. The summed E-state index contributed by atoms with van der Waals surface area (Å²) in [6, 6.07) is 64.6.